The Morgan fingerprint density at radius 1 is 1.65 bits per heavy atom. The highest BCUT2D eigenvalue weighted by atomic mass is 16.3. The third-order valence-electron chi connectivity index (χ3n) is 3.29. The van der Waals surface area contributed by atoms with Gasteiger partial charge in [-0.05, 0) is 25.3 Å². The summed E-state index contributed by atoms with van der Waals surface area (Å²) in [5.74, 6) is 0.184. The number of carbonyl (C=O) groups excluding carboxylic acids is 1. The number of carbonyl (C=O) groups is 1. The third kappa shape index (κ3) is 2.49. The molecule has 2 heterocycles. The van der Waals surface area contributed by atoms with Crippen molar-refractivity contribution in [2.75, 3.05) is 6.54 Å². The van der Waals surface area contributed by atoms with Gasteiger partial charge in [0.15, 0.2) is 0 Å². The minimum Gasteiger partial charge on any atom is -0.390 e. The van der Waals surface area contributed by atoms with Crippen LogP contribution in [0.2, 0.25) is 0 Å². The molecule has 2 rings (SSSR count). The Labute approximate surface area is 101 Å². The van der Waals surface area contributed by atoms with Gasteiger partial charge in [-0.1, -0.05) is 6.92 Å². The van der Waals surface area contributed by atoms with Crippen LogP contribution in [0, 0.1) is 0 Å². The van der Waals surface area contributed by atoms with Gasteiger partial charge in [-0.2, -0.15) is 5.10 Å². The third-order valence-corrected chi connectivity index (χ3v) is 3.29. The maximum Gasteiger partial charge on any atom is 0.222 e. The number of likely N-dealkylation sites (tertiary alicyclic amines) is 1. The summed E-state index contributed by atoms with van der Waals surface area (Å²) in [6, 6.07) is 1.93. The molecule has 94 valence electrons. The average molecular weight is 237 g/mol. The number of aromatic nitrogens is 2. The Kier molecular flexibility index (Phi) is 3.78. The monoisotopic (exact) mass is 237 g/mol. The molecule has 1 aromatic rings. The highest BCUT2D eigenvalue weighted by Gasteiger charge is 2.28. The maximum atomic E-state index is 11.9. The fraction of sp³-hybridized carbons (Fsp3) is 0.667. The Bertz CT molecular complexity index is 389. The van der Waals surface area contributed by atoms with Crippen LogP contribution < -0.4 is 0 Å². The molecule has 5 nitrogen and oxygen atoms in total. The lowest BCUT2D eigenvalue weighted by atomic mass is 9.99. The molecule has 1 amide bonds. The number of aromatic amines is 1. The predicted molar refractivity (Wildman–Crippen MR) is 63.1 cm³/mol. The number of piperidine rings is 1. The second kappa shape index (κ2) is 5.31. The van der Waals surface area contributed by atoms with Gasteiger partial charge in [0.25, 0.3) is 0 Å². The molecule has 2 N–H and O–H groups in total. The van der Waals surface area contributed by atoms with Crippen LogP contribution >= 0.6 is 0 Å². The van der Waals surface area contributed by atoms with Gasteiger partial charge in [0.1, 0.15) is 0 Å². The lowest BCUT2D eigenvalue weighted by Crippen LogP contribution is -2.38. The van der Waals surface area contributed by atoms with Crippen molar-refractivity contribution in [3.8, 4) is 0 Å². The summed E-state index contributed by atoms with van der Waals surface area (Å²) in [5, 5.41) is 16.0. The Hall–Kier alpha value is -1.36. The van der Waals surface area contributed by atoms with Crippen molar-refractivity contribution in [3.63, 3.8) is 0 Å². The van der Waals surface area contributed by atoms with Crippen molar-refractivity contribution in [1.29, 1.82) is 0 Å². The summed E-state index contributed by atoms with van der Waals surface area (Å²) in [6.07, 6.45) is 3.69. The van der Waals surface area contributed by atoms with Gasteiger partial charge in [0.05, 0.1) is 24.0 Å². The molecule has 17 heavy (non-hydrogen) atoms. The summed E-state index contributed by atoms with van der Waals surface area (Å²) < 4.78 is 0. The zero-order valence-corrected chi connectivity index (χ0v) is 10.1. The van der Waals surface area contributed by atoms with E-state index in [1.807, 2.05) is 17.9 Å². The Balaban J connectivity index is 2.18. The van der Waals surface area contributed by atoms with Crippen LogP contribution in [0.5, 0.6) is 0 Å². The second-order valence-electron chi connectivity index (χ2n) is 4.43. The van der Waals surface area contributed by atoms with E-state index >= 15 is 0 Å². The molecule has 0 bridgehead atoms. The molecule has 1 atom stereocenters. The average Bonchev–Trinajstić information content (AvgIpc) is 2.86. The van der Waals surface area contributed by atoms with Crippen LogP contribution in [0.3, 0.4) is 0 Å². The molecule has 0 unspecified atom stereocenters. The highest BCUT2D eigenvalue weighted by molar-refractivity contribution is 5.76. The lowest BCUT2D eigenvalue weighted by molar-refractivity contribution is -0.134. The van der Waals surface area contributed by atoms with E-state index < -0.39 is 0 Å². The van der Waals surface area contributed by atoms with Gasteiger partial charge in [-0.3, -0.25) is 9.89 Å². The molecule has 1 aliphatic rings. The summed E-state index contributed by atoms with van der Waals surface area (Å²) in [7, 11) is 0. The smallest absolute Gasteiger partial charge is 0.222 e. The number of H-pyrrole nitrogens is 1. The van der Waals surface area contributed by atoms with Gasteiger partial charge in [0, 0.05) is 13.0 Å². The fourth-order valence-corrected chi connectivity index (χ4v) is 2.37. The zero-order chi connectivity index (χ0) is 12.3. The van der Waals surface area contributed by atoms with Crippen molar-refractivity contribution in [1.82, 2.24) is 15.1 Å². The summed E-state index contributed by atoms with van der Waals surface area (Å²) in [5.41, 5.74) is 1.57. The quantitative estimate of drug-likeness (QED) is 0.834. The van der Waals surface area contributed by atoms with Crippen molar-refractivity contribution in [2.24, 2.45) is 0 Å². The van der Waals surface area contributed by atoms with Crippen LogP contribution in [-0.2, 0) is 11.4 Å². The first-order chi connectivity index (χ1) is 8.26. The van der Waals surface area contributed by atoms with Crippen LogP contribution in [0.15, 0.2) is 6.07 Å². The molecule has 1 saturated heterocycles. The van der Waals surface area contributed by atoms with E-state index in [9.17, 15) is 4.79 Å². The van der Waals surface area contributed by atoms with Gasteiger partial charge in [-0.15, -0.1) is 0 Å². The number of hydrogen-bond donors (Lipinski definition) is 2. The number of nitrogens with one attached hydrogen (secondary N) is 1. The topological polar surface area (TPSA) is 69.2 Å². The number of aliphatic hydroxyl groups excluding tert-OH is 1. The summed E-state index contributed by atoms with van der Waals surface area (Å²) in [4.78, 5) is 13.8. The van der Waals surface area contributed by atoms with E-state index in [-0.39, 0.29) is 18.6 Å². The minimum atomic E-state index is -0.0402. The van der Waals surface area contributed by atoms with Gasteiger partial charge < -0.3 is 10.0 Å². The van der Waals surface area contributed by atoms with Crippen LogP contribution in [0.25, 0.3) is 0 Å². The predicted octanol–water partition coefficient (Wildman–Crippen LogP) is 1.37. The molecule has 0 aliphatic carbocycles. The summed E-state index contributed by atoms with van der Waals surface area (Å²) >= 11 is 0. The second-order valence-corrected chi connectivity index (χ2v) is 4.43. The molecule has 0 radical (unpaired) electrons. The number of hydrogen-bond acceptors (Lipinski definition) is 3. The molecule has 1 fully saturated rings. The van der Waals surface area contributed by atoms with Gasteiger partial charge in [-0.25, -0.2) is 0 Å². The first-order valence-corrected chi connectivity index (χ1v) is 6.20. The van der Waals surface area contributed by atoms with Crippen molar-refractivity contribution < 1.29 is 9.90 Å². The first-order valence-electron chi connectivity index (χ1n) is 6.20. The first kappa shape index (κ1) is 12.1. The number of amides is 1. The normalized spacial score (nSPS) is 20.6. The van der Waals surface area contributed by atoms with Crippen LogP contribution in [0.1, 0.15) is 50.0 Å². The van der Waals surface area contributed by atoms with Crippen molar-refractivity contribution >= 4 is 5.91 Å². The van der Waals surface area contributed by atoms with E-state index in [0.717, 1.165) is 31.5 Å². The van der Waals surface area contributed by atoms with E-state index in [1.54, 1.807) is 0 Å². The molecule has 5 heteroatoms. The largest absolute Gasteiger partial charge is 0.390 e. The molecule has 1 aromatic heterocycles. The lowest BCUT2D eigenvalue weighted by Gasteiger charge is -2.34. The van der Waals surface area contributed by atoms with Crippen LogP contribution in [0.4, 0.5) is 0 Å². The van der Waals surface area contributed by atoms with E-state index in [2.05, 4.69) is 10.2 Å². The zero-order valence-electron chi connectivity index (χ0n) is 10.1. The standard InChI is InChI=1S/C12H19N3O2/c1-2-12(17)15-6-4-3-5-11(15)10-7-9(8-16)13-14-10/h7,11,16H,2-6,8H2,1H3,(H,13,14)/t11-/m1/s1. The van der Waals surface area contributed by atoms with Crippen molar-refractivity contribution in [2.45, 2.75) is 45.3 Å². The minimum absolute atomic E-state index is 0.0402. The summed E-state index contributed by atoms with van der Waals surface area (Å²) in [6.45, 7) is 2.66. The van der Waals surface area contributed by atoms with Gasteiger partial charge in [0.2, 0.25) is 5.91 Å². The van der Waals surface area contributed by atoms with E-state index in [0.29, 0.717) is 12.1 Å². The van der Waals surface area contributed by atoms with E-state index in [4.69, 9.17) is 5.11 Å². The molecule has 0 saturated carbocycles. The maximum absolute atomic E-state index is 11.9. The molecule has 0 aromatic carbocycles. The molecular formula is C12H19N3O2. The highest BCUT2D eigenvalue weighted by Crippen LogP contribution is 2.30. The fourth-order valence-electron chi connectivity index (χ4n) is 2.37. The number of aliphatic hydroxyl groups is 1. The number of rotatable bonds is 3. The Morgan fingerprint density at radius 2 is 2.47 bits per heavy atom. The van der Waals surface area contributed by atoms with Crippen LogP contribution in [-0.4, -0.2) is 32.7 Å². The molecular weight excluding hydrogens is 218 g/mol. The Morgan fingerprint density at radius 3 is 3.12 bits per heavy atom. The molecule has 1 aliphatic heterocycles. The molecule has 0 spiro atoms. The van der Waals surface area contributed by atoms with Gasteiger partial charge >= 0.3 is 0 Å². The van der Waals surface area contributed by atoms with Crippen molar-refractivity contribution in [3.05, 3.63) is 17.5 Å². The van der Waals surface area contributed by atoms with E-state index in [1.165, 1.54) is 0 Å². The SMILES string of the molecule is CCC(=O)N1CCCC[C@@H]1c1cc(CO)[nH]n1. The number of nitrogens with zero attached hydrogens (tertiary/aromatic N) is 2.